The van der Waals surface area contributed by atoms with Crippen molar-refractivity contribution in [1.29, 1.82) is 5.41 Å². The van der Waals surface area contributed by atoms with E-state index in [0.29, 0.717) is 11.3 Å². The Balaban J connectivity index is 4.12. The average molecular weight is 153 g/mol. The first-order valence-electron chi connectivity index (χ1n) is 3.07. The minimum absolute atomic E-state index is 0.202. The van der Waals surface area contributed by atoms with Crippen molar-refractivity contribution in [3.05, 3.63) is 12.2 Å². The molecule has 0 fully saturated rings. The Labute approximate surface area is 64.6 Å². The van der Waals surface area contributed by atoms with Gasteiger partial charge in [-0.05, 0) is 6.16 Å². The standard InChI is InChI=1S/C8H12NP/c1-4-6(2)8(9)7(3)5-10/h1,7,9H,2,5,10H2,3H3. The van der Waals surface area contributed by atoms with Crippen LogP contribution in [0.2, 0.25) is 0 Å². The molecule has 1 nitrogen and oxygen atoms in total. The van der Waals surface area contributed by atoms with E-state index in [-0.39, 0.29) is 5.92 Å². The predicted octanol–water partition coefficient (Wildman–Crippen LogP) is 1.71. The molecule has 0 aliphatic heterocycles. The normalized spacial score (nSPS) is 11.7. The maximum absolute atomic E-state index is 7.45. The zero-order valence-corrected chi connectivity index (χ0v) is 7.30. The number of hydrogen-bond acceptors (Lipinski definition) is 1. The minimum Gasteiger partial charge on any atom is -0.304 e. The Kier molecular flexibility index (Phi) is 4.00. The van der Waals surface area contributed by atoms with Crippen LogP contribution in [0.4, 0.5) is 0 Å². The van der Waals surface area contributed by atoms with E-state index in [2.05, 4.69) is 21.7 Å². The number of hydrogen-bond donors (Lipinski definition) is 1. The Morgan fingerprint density at radius 1 is 1.90 bits per heavy atom. The highest BCUT2D eigenvalue weighted by Gasteiger charge is 2.07. The van der Waals surface area contributed by atoms with Gasteiger partial charge in [0.05, 0.1) is 0 Å². The third-order valence-electron chi connectivity index (χ3n) is 1.35. The molecule has 2 heteroatoms. The lowest BCUT2D eigenvalue weighted by Crippen LogP contribution is -2.12. The Morgan fingerprint density at radius 2 is 2.40 bits per heavy atom. The molecule has 0 saturated carbocycles. The van der Waals surface area contributed by atoms with Gasteiger partial charge in [0.15, 0.2) is 0 Å². The Bertz CT molecular complexity index is 188. The highest BCUT2D eigenvalue weighted by atomic mass is 31.0. The number of nitrogens with one attached hydrogen (secondary N) is 1. The molecule has 0 spiro atoms. The zero-order valence-electron chi connectivity index (χ0n) is 6.15. The van der Waals surface area contributed by atoms with Crippen LogP contribution in [-0.4, -0.2) is 11.9 Å². The van der Waals surface area contributed by atoms with Gasteiger partial charge in [0.2, 0.25) is 0 Å². The van der Waals surface area contributed by atoms with E-state index in [1.165, 1.54) is 0 Å². The minimum atomic E-state index is 0.202. The maximum atomic E-state index is 7.45. The molecule has 0 saturated heterocycles. The largest absolute Gasteiger partial charge is 0.304 e. The Hall–Kier alpha value is -0.600. The van der Waals surface area contributed by atoms with Crippen LogP contribution in [-0.2, 0) is 0 Å². The second-order valence-corrected chi connectivity index (χ2v) is 2.64. The molecule has 54 valence electrons. The van der Waals surface area contributed by atoms with Crippen LogP contribution in [0.5, 0.6) is 0 Å². The molecule has 2 unspecified atom stereocenters. The van der Waals surface area contributed by atoms with Crippen molar-refractivity contribution in [2.75, 3.05) is 6.16 Å². The smallest absolute Gasteiger partial charge is 0.0495 e. The Morgan fingerprint density at radius 3 is 2.70 bits per heavy atom. The third-order valence-corrected chi connectivity index (χ3v) is 2.05. The van der Waals surface area contributed by atoms with E-state index < -0.39 is 0 Å². The number of allylic oxidation sites excluding steroid dienone is 1. The van der Waals surface area contributed by atoms with Gasteiger partial charge in [-0.3, -0.25) is 0 Å². The first-order chi connectivity index (χ1) is 4.63. The molecule has 0 aliphatic carbocycles. The van der Waals surface area contributed by atoms with Crippen LogP contribution < -0.4 is 0 Å². The molecule has 0 aromatic carbocycles. The third kappa shape index (κ3) is 2.33. The molecule has 0 amide bonds. The van der Waals surface area contributed by atoms with Crippen LogP contribution >= 0.6 is 9.24 Å². The summed E-state index contributed by atoms with van der Waals surface area (Å²) in [5, 5.41) is 7.45. The highest BCUT2D eigenvalue weighted by Crippen LogP contribution is 2.07. The summed E-state index contributed by atoms with van der Waals surface area (Å²) in [7, 11) is 2.58. The van der Waals surface area contributed by atoms with E-state index >= 15 is 0 Å². The van der Waals surface area contributed by atoms with Crippen molar-refractivity contribution in [2.45, 2.75) is 6.92 Å². The molecule has 1 N–H and O–H groups in total. The molecule has 0 aromatic rings. The predicted molar refractivity (Wildman–Crippen MR) is 49.4 cm³/mol. The molecule has 0 rings (SSSR count). The molecule has 0 radical (unpaired) electrons. The van der Waals surface area contributed by atoms with Crippen LogP contribution in [0.3, 0.4) is 0 Å². The van der Waals surface area contributed by atoms with E-state index in [1.807, 2.05) is 6.92 Å². The van der Waals surface area contributed by atoms with Gasteiger partial charge in [-0.1, -0.05) is 19.4 Å². The zero-order chi connectivity index (χ0) is 8.15. The number of rotatable bonds is 3. The molecular formula is C8H12NP. The van der Waals surface area contributed by atoms with Crippen molar-refractivity contribution in [1.82, 2.24) is 0 Å². The summed E-state index contributed by atoms with van der Waals surface area (Å²) in [6, 6.07) is 0. The summed E-state index contributed by atoms with van der Waals surface area (Å²) >= 11 is 0. The lowest BCUT2D eigenvalue weighted by molar-refractivity contribution is 0.894. The van der Waals surface area contributed by atoms with Crippen molar-refractivity contribution in [2.24, 2.45) is 5.92 Å². The molecule has 0 aromatic heterocycles. The van der Waals surface area contributed by atoms with Gasteiger partial charge in [-0.15, -0.1) is 15.7 Å². The second kappa shape index (κ2) is 4.25. The first-order valence-corrected chi connectivity index (χ1v) is 3.89. The summed E-state index contributed by atoms with van der Waals surface area (Å²) in [6.45, 7) is 5.53. The van der Waals surface area contributed by atoms with Gasteiger partial charge in [0.25, 0.3) is 0 Å². The van der Waals surface area contributed by atoms with Crippen LogP contribution in [0.25, 0.3) is 0 Å². The average Bonchev–Trinajstić information content (AvgIpc) is 2.00. The molecule has 0 bridgehead atoms. The fraction of sp³-hybridized carbons (Fsp3) is 0.375. The molecular weight excluding hydrogens is 141 g/mol. The van der Waals surface area contributed by atoms with Gasteiger partial charge >= 0.3 is 0 Å². The summed E-state index contributed by atoms with van der Waals surface area (Å²) in [6.07, 6.45) is 5.93. The monoisotopic (exact) mass is 153 g/mol. The molecule has 0 aliphatic rings. The van der Waals surface area contributed by atoms with Crippen LogP contribution in [0.15, 0.2) is 12.2 Å². The van der Waals surface area contributed by atoms with Crippen LogP contribution in [0.1, 0.15) is 6.92 Å². The topological polar surface area (TPSA) is 23.9 Å². The fourth-order valence-corrected chi connectivity index (χ4v) is 0.729. The molecule has 2 atom stereocenters. The lowest BCUT2D eigenvalue weighted by Gasteiger charge is -2.07. The summed E-state index contributed by atoms with van der Waals surface area (Å²) in [4.78, 5) is 0. The SMILES string of the molecule is C#CC(=C)C(=N)C(C)CP. The fourth-order valence-electron chi connectivity index (χ4n) is 0.493. The molecule has 0 heterocycles. The summed E-state index contributed by atoms with van der Waals surface area (Å²) in [5.74, 6) is 2.55. The first kappa shape index (κ1) is 9.40. The van der Waals surface area contributed by atoms with Crippen LogP contribution in [0, 0.1) is 23.7 Å². The van der Waals surface area contributed by atoms with E-state index in [4.69, 9.17) is 11.8 Å². The van der Waals surface area contributed by atoms with E-state index in [1.54, 1.807) is 0 Å². The van der Waals surface area contributed by atoms with Crippen molar-refractivity contribution >= 4 is 15.0 Å². The summed E-state index contributed by atoms with van der Waals surface area (Å²) in [5.41, 5.74) is 0.965. The second-order valence-electron chi connectivity index (χ2n) is 2.17. The van der Waals surface area contributed by atoms with E-state index in [0.717, 1.165) is 6.16 Å². The lowest BCUT2D eigenvalue weighted by atomic mass is 10.0. The van der Waals surface area contributed by atoms with Gasteiger partial charge in [-0.2, -0.15) is 0 Å². The van der Waals surface area contributed by atoms with Gasteiger partial charge in [0.1, 0.15) is 0 Å². The summed E-state index contributed by atoms with van der Waals surface area (Å²) < 4.78 is 0. The van der Waals surface area contributed by atoms with Crippen molar-refractivity contribution in [3.8, 4) is 12.3 Å². The van der Waals surface area contributed by atoms with Gasteiger partial charge in [-0.25, -0.2) is 0 Å². The molecule has 10 heavy (non-hydrogen) atoms. The van der Waals surface area contributed by atoms with E-state index in [9.17, 15) is 0 Å². The quantitative estimate of drug-likeness (QED) is 0.362. The highest BCUT2D eigenvalue weighted by molar-refractivity contribution is 7.16. The maximum Gasteiger partial charge on any atom is 0.0495 e. The number of terminal acetylenes is 1. The van der Waals surface area contributed by atoms with Gasteiger partial charge in [0, 0.05) is 17.2 Å². The van der Waals surface area contributed by atoms with Crippen molar-refractivity contribution in [3.63, 3.8) is 0 Å². The van der Waals surface area contributed by atoms with Crippen molar-refractivity contribution < 1.29 is 0 Å². The van der Waals surface area contributed by atoms with Gasteiger partial charge < -0.3 is 5.41 Å².